The van der Waals surface area contributed by atoms with Crippen molar-refractivity contribution in [2.45, 2.75) is 80.2 Å². The van der Waals surface area contributed by atoms with E-state index in [1.165, 1.54) is 6.92 Å². The van der Waals surface area contributed by atoms with Gasteiger partial charge in [0.2, 0.25) is 11.7 Å². The van der Waals surface area contributed by atoms with Crippen LogP contribution in [0.5, 0.6) is 0 Å². The van der Waals surface area contributed by atoms with Crippen LogP contribution in [0.2, 0.25) is 0 Å². The number of benzene rings is 2. The normalized spacial score (nSPS) is 13.7. The molecule has 0 saturated carbocycles. The van der Waals surface area contributed by atoms with Crippen LogP contribution >= 0.6 is 0 Å². The van der Waals surface area contributed by atoms with Gasteiger partial charge in [0.25, 0.3) is 0 Å². The van der Waals surface area contributed by atoms with Gasteiger partial charge in [-0.2, -0.15) is 0 Å². The molecule has 0 saturated heterocycles. The molecule has 41 heavy (non-hydrogen) atoms. The highest BCUT2D eigenvalue weighted by Crippen LogP contribution is 2.30. The van der Waals surface area contributed by atoms with Gasteiger partial charge >= 0.3 is 0 Å². The molecule has 0 unspecified atom stereocenters. The predicted octanol–water partition coefficient (Wildman–Crippen LogP) is 5.63. The van der Waals surface area contributed by atoms with E-state index >= 15 is 0 Å². The lowest BCUT2D eigenvalue weighted by Gasteiger charge is -2.30. The highest BCUT2D eigenvalue weighted by Gasteiger charge is 2.36. The van der Waals surface area contributed by atoms with E-state index < -0.39 is 40.8 Å². The molecule has 0 spiro atoms. The molecule has 2 rings (SSSR count). The second-order valence-electron chi connectivity index (χ2n) is 12.2. The summed E-state index contributed by atoms with van der Waals surface area (Å²) in [5, 5.41) is 2.75. The summed E-state index contributed by atoms with van der Waals surface area (Å²) in [5.41, 5.74) is 1.40. The zero-order chi connectivity index (χ0) is 30.9. The van der Waals surface area contributed by atoms with Crippen molar-refractivity contribution < 1.29 is 28.8 Å². The fourth-order valence-electron chi connectivity index (χ4n) is 4.63. The average Bonchev–Trinajstić information content (AvgIpc) is 2.92. The summed E-state index contributed by atoms with van der Waals surface area (Å²) in [5.74, 6) is -3.80. The minimum absolute atomic E-state index is 0.000652. The zero-order valence-corrected chi connectivity index (χ0v) is 25.3. The van der Waals surface area contributed by atoms with Crippen LogP contribution in [0.25, 0.3) is 0 Å². The molecule has 7 heteroatoms. The molecule has 1 N–H and O–H groups in total. The highest BCUT2D eigenvalue weighted by atomic mass is 16.2. The smallest absolute Gasteiger partial charge is 0.224 e. The number of nitrogens with one attached hydrogen (secondary N) is 1. The predicted molar refractivity (Wildman–Crippen MR) is 159 cm³/mol. The lowest BCUT2D eigenvalue weighted by molar-refractivity contribution is -0.141. The summed E-state index contributed by atoms with van der Waals surface area (Å²) < 4.78 is 0. The summed E-state index contributed by atoms with van der Waals surface area (Å²) in [6, 6.07) is 14.8. The van der Waals surface area contributed by atoms with E-state index in [-0.39, 0.29) is 42.5 Å². The van der Waals surface area contributed by atoms with Gasteiger partial charge in [-0.05, 0) is 37.2 Å². The molecule has 0 aliphatic carbocycles. The van der Waals surface area contributed by atoms with Crippen LogP contribution in [-0.2, 0) is 25.6 Å². The second-order valence-corrected chi connectivity index (χ2v) is 12.2. The van der Waals surface area contributed by atoms with Gasteiger partial charge < -0.3 is 5.32 Å². The maximum atomic E-state index is 13.3. The summed E-state index contributed by atoms with van der Waals surface area (Å²) in [4.78, 5) is 76.5. The summed E-state index contributed by atoms with van der Waals surface area (Å²) in [6.45, 7) is 12.2. The third kappa shape index (κ3) is 9.99. The van der Waals surface area contributed by atoms with Crippen molar-refractivity contribution in [2.24, 2.45) is 23.2 Å². The average molecular weight is 562 g/mol. The second kappa shape index (κ2) is 14.8. The first-order valence-corrected chi connectivity index (χ1v) is 14.2. The number of Topliss-reactive ketones (excluding diaryl/α,β-unsaturated/α-hetero) is 5. The molecule has 2 aromatic rings. The monoisotopic (exact) mass is 561 g/mol. The van der Waals surface area contributed by atoms with Gasteiger partial charge in [-0.15, -0.1) is 0 Å². The Morgan fingerprint density at radius 3 is 1.88 bits per heavy atom. The Balaban J connectivity index is 2.02. The molecule has 1 amide bonds. The number of hydrogen-bond acceptors (Lipinski definition) is 6. The van der Waals surface area contributed by atoms with Crippen LogP contribution in [0, 0.1) is 23.2 Å². The van der Waals surface area contributed by atoms with Crippen molar-refractivity contribution in [1.29, 1.82) is 0 Å². The van der Waals surface area contributed by atoms with E-state index in [0.717, 1.165) is 5.56 Å². The van der Waals surface area contributed by atoms with Crippen LogP contribution in [0.4, 0.5) is 0 Å². The topological polar surface area (TPSA) is 114 Å². The molecule has 220 valence electrons. The van der Waals surface area contributed by atoms with E-state index in [1.807, 2.05) is 26.8 Å². The van der Waals surface area contributed by atoms with E-state index in [0.29, 0.717) is 17.5 Å². The standard InChI is InChI=1S/C34H43NO6/c1-21(2)27(32(40)29(37)18-15-24-13-16-25(17-14-24)23(4)36)19-30(38)22(3)35-33(41)28(34(5,6)7)20-31(39)26-11-9-8-10-12-26/h8-14,16-17,21-22,27-28H,15,18-20H2,1-7H3,(H,35,41)/t22-,27-,28+/m0/s1. The largest absolute Gasteiger partial charge is 0.346 e. The maximum absolute atomic E-state index is 13.3. The third-order valence-corrected chi connectivity index (χ3v) is 7.53. The van der Waals surface area contributed by atoms with Crippen molar-refractivity contribution in [3.05, 3.63) is 71.3 Å². The first-order chi connectivity index (χ1) is 19.1. The Kier molecular flexibility index (Phi) is 12.1. The number of carbonyl (C=O) groups excluding carboxylic acids is 6. The Morgan fingerprint density at radius 1 is 0.780 bits per heavy atom. The Hall–Kier alpha value is -3.74. The molecule has 0 aliphatic rings. The molecular weight excluding hydrogens is 518 g/mol. The van der Waals surface area contributed by atoms with Crippen molar-refractivity contribution >= 4 is 34.8 Å². The number of rotatable bonds is 15. The lowest BCUT2D eigenvalue weighted by atomic mass is 9.76. The third-order valence-electron chi connectivity index (χ3n) is 7.53. The van der Waals surface area contributed by atoms with Gasteiger partial charge in [0.1, 0.15) is 0 Å². The molecule has 2 aromatic carbocycles. The van der Waals surface area contributed by atoms with Crippen LogP contribution < -0.4 is 5.32 Å². The van der Waals surface area contributed by atoms with Gasteiger partial charge in [-0.3, -0.25) is 28.8 Å². The van der Waals surface area contributed by atoms with Gasteiger partial charge in [0, 0.05) is 36.3 Å². The van der Waals surface area contributed by atoms with Crippen molar-refractivity contribution in [2.75, 3.05) is 0 Å². The SMILES string of the molecule is CC(=O)c1ccc(CCC(=O)C(=O)[C@@H](CC(=O)[C@H](C)NC(=O)[C@@H](CC(=O)c2ccccc2)C(C)(C)C)C(C)C)cc1. The van der Waals surface area contributed by atoms with Crippen LogP contribution in [0.3, 0.4) is 0 Å². The molecule has 7 nitrogen and oxygen atoms in total. The molecule has 0 aromatic heterocycles. The first kappa shape index (κ1) is 33.5. The number of hydrogen-bond donors (Lipinski definition) is 1. The molecular formula is C34H43NO6. The first-order valence-electron chi connectivity index (χ1n) is 14.2. The quantitative estimate of drug-likeness (QED) is 0.223. The Labute approximate surface area is 243 Å². The minimum Gasteiger partial charge on any atom is -0.346 e. The van der Waals surface area contributed by atoms with Gasteiger partial charge in [-0.1, -0.05) is 89.2 Å². The molecule has 0 bridgehead atoms. The van der Waals surface area contributed by atoms with Crippen molar-refractivity contribution in [3.63, 3.8) is 0 Å². The van der Waals surface area contributed by atoms with E-state index in [4.69, 9.17) is 0 Å². The van der Waals surface area contributed by atoms with Gasteiger partial charge in [-0.25, -0.2) is 0 Å². The fourth-order valence-corrected chi connectivity index (χ4v) is 4.63. The van der Waals surface area contributed by atoms with Crippen molar-refractivity contribution in [1.82, 2.24) is 5.32 Å². The van der Waals surface area contributed by atoms with Gasteiger partial charge in [0.05, 0.1) is 12.0 Å². The van der Waals surface area contributed by atoms with Gasteiger partial charge in [0.15, 0.2) is 23.1 Å². The maximum Gasteiger partial charge on any atom is 0.224 e. The molecule has 0 radical (unpaired) electrons. The number of amides is 1. The molecule has 3 atom stereocenters. The molecule has 0 heterocycles. The molecule has 0 fully saturated rings. The highest BCUT2D eigenvalue weighted by molar-refractivity contribution is 6.38. The lowest BCUT2D eigenvalue weighted by Crippen LogP contribution is -2.46. The van der Waals surface area contributed by atoms with E-state index in [2.05, 4.69) is 5.32 Å². The van der Waals surface area contributed by atoms with Crippen LogP contribution in [0.1, 0.15) is 94.0 Å². The Bertz CT molecular complexity index is 1250. The Morgan fingerprint density at radius 2 is 1.37 bits per heavy atom. The number of ketones is 5. The van der Waals surface area contributed by atoms with Crippen LogP contribution in [-0.4, -0.2) is 40.9 Å². The van der Waals surface area contributed by atoms with E-state index in [9.17, 15) is 28.8 Å². The fraction of sp³-hybridized carbons (Fsp3) is 0.471. The minimum atomic E-state index is -0.886. The van der Waals surface area contributed by atoms with E-state index in [1.54, 1.807) is 69.3 Å². The summed E-state index contributed by atoms with van der Waals surface area (Å²) in [6.07, 6.45) is 0.188. The number of carbonyl (C=O) groups is 6. The summed E-state index contributed by atoms with van der Waals surface area (Å²) in [7, 11) is 0. The van der Waals surface area contributed by atoms with Crippen LogP contribution in [0.15, 0.2) is 54.6 Å². The zero-order valence-electron chi connectivity index (χ0n) is 25.3. The number of aryl methyl sites for hydroxylation is 1. The summed E-state index contributed by atoms with van der Waals surface area (Å²) >= 11 is 0. The van der Waals surface area contributed by atoms with Crippen molar-refractivity contribution in [3.8, 4) is 0 Å². The molecule has 0 aliphatic heterocycles.